The zero-order valence-electron chi connectivity index (χ0n) is 20.1. The van der Waals surface area contributed by atoms with Gasteiger partial charge in [-0.1, -0.05) is 121 Å². The number of rotatable bonds is 6. The highest BCUT2D eigenvalue weighted by molar-refractivity contribution is 6.02. The lowest BCUT2D eigenvalue weighted by molar-refractivity contribution is 0.202. The Bertz CT molecular complexity index is 1490. The summed E-state index contributed by atoms with van der Waals surface area (Å²) < 4.78 is 6.09. The molecule has 176 valence electrons. The normalized spacial score (nSPS) is 13.9. The molecular weight excluding hydrogens is 440 g/mol. The molecule has 2 nitrogen and oxygen atoms in total. The Morgan fingerprint density at radius 2 is 1.39 bits per heavy atom. The van der Waals surface area contributed by atoms with Crippen LogP contribution in [0.15, 0.2) is 121 Å². The average molecular weight is 469 g/mol. The molecule has 0 saturated carbocycles. The number of aliphatic hydroxyl groups is 1. The maximum Gasteiger partial charge on any atom is 0.127 e. The maximum atomic E-state index is 9.48. The number of hydrogen-bond donors (Lipinski definition) is 1. The Morgan fingerprint density at radius 1 is 0.694 bits per heavy atom. The van der Waals surface area contributed by atoms with Gasteiger partial charge in [0.25, 0.3) is 0 Å². The van der Waals surface area contributed by atoms with Gasteiger partial charge in [0.05, 0.1) is 6.61 Å². The van der Waals surface area contributed by atoms with Crippen LogP contribution in [0.3, 0.4) is 0 Å². The van der Waals surface area contributed by atoms with Crippen molar-refractivity contribution in [2.45, 2.75) is 11.8 Å². The van der Waals surface area contributed by atoms with Gasteiger partial charge in [0, 0.05) is 11.0 Å². The van der Waals surface area contributed by atoms with E-state index in [9.17, 15) is 5.11 Å². The van der Waals surface area contributed by atoms with Gasteiger partial charge in [0.1, 0.15) is 12.4 Å². The van der Waals surface area contributed by atoms with Crippen LogP contribution in [0.25, 0.3) is 28.0 Å². The zero-order valence-corrected chi connectivity index (χ0v) is 20.1. The van der Waals surface area contributed by atoms with Crippen LogP contribution in [0.5, 0.6) is 5.75 Å². The number of hydrogen-bond acceptors (Lipinski definition) is 2. The SMILES string of the molecule is OCCOc1ccc2ccccc2c1-c1cccc2c1C=CCC2(c1ccccc1)c1ccccc1. The molecule has 0 saturated heterocycles. The number of benzene rings is 5. The number of fused-ring (bicyclic) bond motifs is 2. The third-order valence-corrected chi connectivity index (χ3v) is 7.32. The molecule has 0 amide bonds. The fourth-order valence-electron chi connectivity index (χ4n) is 5.76. The molecule has 0 heterocycles. The molecular formula is C34H28O2. The molecule has 0 bridgehead atoms. The smallest absolute Gasteiger partial charge is 0.127 e. The molecule has 1 aliphatic rings. The molecule has 0 fully saturated rings. The minimum Gasteiger partial charge on any atom is -0.491 e. The second-order valence-corrected chi connectivity index (χ2v) is 9.24. The van der Waals surface area contributed by atoms with Crippen molar-refractivity contribution in [3.8, 4) is 16.9 Å². The molecule has 0 aliphatic heterocycles. The standard InChI is InChI=1S/C34H28O2/c35-23-24-36-32-21-20-25-11-7-8-16-28(25)33(32)30-17-9-19-31-29(30)18-10-22-34(31,26-12-3-1-4-13-26)27-14-5-2-6-15-27/h1-21,35H,22-24H2. The van der Waals surface area contributed by atoms with E-state index >= 15 is 0 Å². The molecule has 1 aliphatic carbocycles. The predicted molar refractivity (Wildman–Crippen MR) is 148 cm³/mol. The first kappa shape index (κ1) is 22.3. The largest absolute Gasteiger partial charge is 0.491 e. The van der Waals surface area contributed by atoms with Crippen molar-refractivity contribution < 1.29 is 9.84 Å². The Balaban J connectivity index is 1.66. The number of ether oxygens (including phenoxy) is 1. The molecule has 0 spiro atoms. The molecule has 0 unspecified atom stereocenters. The first-order valence-corrected chi connectivity index (χ1v) is 12.5. The Morgan fingerprint density at radius 3 is 2.11 bits per heavy atom. The zero-order chi connectivity index (χ0) is 24.4. The fraction of sp³-hybridized carbons (Fsp3) is 0.118. The average Bonchev–Trinajstić information content (AvgIpc) is 2.96. The van der Waals surface area contributed by atoms with Gasteiger partial charge < -0.3 is 9.84 Å². The van der Waals surface area contributed by atoms with Crippen LogP contribution < -0.4 is 4.74 Å². The van der Waals surface area contributed by atoms with Crippen molar-refractivity contribution >= 4 is 16.8 Å². The van der Waals surface area contributed by atoms with Gasteiger partial charge in [-0.15, -0.1) is 0 Å². The lowest BCUT2D eigenvalue weighted by Gasteiger charge is -2.39. The van der Waals surface area contributed by atoms with E-state index in [1.807, 2.05) is 6.07 Å². The van der Waals surface area contributed by atoms with E-state index in [2.05, 4.69) is 121 Å². The highest BCUT2D eigenvalue weighted by Gasteiger charge is 2.39. The summed E-state index contributed by atoms with van der Waals surface area (Å²) in [5.74, 6) is 0.792. The molecule has 0 radical (unpaired) electrons. The lowest BCUT2D eigenvalue weighted by atomic mass is 9.63. The van der Waals surface area contributed by atoms with Crippen LogP contribution in [0.1, 0.15) is 28.7 Å². The molecule has 1 N–H and O–H groups in total. The van der Waals surface area contributed by atoms with Crippen molar-refractivity contribution in [1.29, 1.82) is 0 Å². The molecule has 2 heteroatoms. The van der Waals surface area contributed by atoms with Gasteiger partial charge in [-0.25, -0.2) is 0 Å². The second kappa shape index (κ2) is 9.49. The van der Waals surface area contributed by atoms with Gasteiger partial charge in [-0.2, -0.15) is 0 Å². The molecule has 5 aromatic rings. The quantitative estimate of drug-likeness (QED) is 0.278. The summed E-state index contributed by atoms with van der Waals surface area (Å²) in [5, 5.41) is 11.8. The summed E-state index contributed by atoms with van der Waals surface area (Å²) in [6, 6.07) is 40.9. The Labute approximate surface area is 212 Å². The van der Waals surface area contributed by atoms with Crippen LogP contribution in [-0.2, 0) is 5.41 Å². The highest BCUT2D eigenvalue weighted by Crippen LogP contribution is 2.50. The lowest BCUT2D eigenvalue weighted by Crippen LogP contribution is -2.31. The highest BCUT2D eigenvalue weighted by atomic mass is 16.5. The summed E-state index contributed by atoms with van der Waals surface area (Å²) in [5.41, 5.74) is 6.99. The van der Waals surface area contributed by atoms with Gasteiger partial charge in [-0.05, 0) is 51.1 Å². The fourth-order valence-corrected chi connectivity index (χ4v) is 5.76. The van der Waals surface area contributed by atoms with E-state index in [-0.39, 0.29) is 18.6 Å². The van der Waals surface area contributed by atoms with E-state index in [0.717, 1.165) is 28.7 Å². The molecule has 0 aromatic heterocycles. The number of allylic oxidation sites excluding steroid dienone is 1. The van der Waals surface area contributed by atoms with Gasteiger partial charge >= 0.3 is 0 Å². The van der Waals surface area contributed by atoms with E-state index in [4.69, 9.17) is 4.74 Å². The minimum absolute atomic E-state index is 0.0236. The molecule has 6 rings (SSSR count). The molecule has 36 heavy (non-hydrogen) atoms. The van der Waals surface area contributed by atoms with Gasteiger partial charge in [0.2, 0.25) is 0 Å². The number of aliphatic hydroxyl groups excluding tert-OH is 1. The van der Waals surface area contributed by atoms with Crippen molar-refractivity contribution in [3.63, 3.8) is 0 Å². The van der Waals surface area contributed by atoms with Crippen molar-refractivity contribution in [1.82, 2.24) is 0 Å². The molecule has 0 atom stereocenters. The van der Waals surface area contributed by atoms with E-state index < -0.39 is 0 Å². The second-order valence-electron chi connectivity index (χ2n) is 9.24. The van der Waals surface area contributed by atoms with Crippen molar-refractivity contribution in [2.24, 2.45) is 0 Å². The van der Waals surface area contributed by atoms with Crippen LogP contribution in [-0.4, -0.2) is 18.3 Å². The maximum absolute atomic E-state index is 9.48. The van der Waals surface area contributed by atoms with Crippen molar-refractivity contribution in [2.75, 3.05) is 13.2 Å². The predicted octanol–water partition coefficient (Wildman–Crippen LogP) is 7.63. The van der Waals surface area contributed by atoms with Gasteiger partial charge in [-0.3, -0.25) is 0 Å². The van der Waals surface area contributed by atoms with Crippen molar-refractivity contribution in [3.05, 3.63) is 144 Å². The summed E-state index contributed by atoms with van der Waals surface area (Å²) in [4.78, 5) is 0. The summed E-state index contributed by atoms with van der Waals surface area (Å²) in [6.07, 6.45) is 5.47. The van der Waals surface area contributed by atoms with E-state index in [1.165, 1.54) is 27.6 Å². The summed E-state index contributed by atoms with van der Waals surface area (Å²) in [6.45, 7) is 0.234. The van der Waals surface area contributed by atoms with Crippen LogP contribution >= 0.6 is 0 Å². The van der Waals surface area contributed by atoms with E-state index in [0.29, 0.717) is 0 Å². The Hall–Kier alpha value is -4.14. The third kappa shape index (κ3) is 3.62. The first-order chi connectivity index (χ1) is 17.8. The third-order valence-electron chi connectivity index (χ3n) is 7.32. The molecule has 5 aromatic carbocycles. The monoisotopic (exact) mass is 468 g/mol. The van der Waals surface area contributed by atoms with Crippen LogP contribution in [0.4, 0.5) is 0 Å². The minimum atomic E-state index is -0.292. The van der Waals surface area contributed by atoms with Crippen LogP contribution in [0.2, 0.25) is 0 Å². The topological polar surface area (TPSA) is 29.5 Å². The van der Waals surface area contributed by atoms with Gasteiger partial charge in [0.15, 0.2) is 0 Å². The summed E-state index contributed by atoms with van der Waals surface area (Å²) in [7, 11) is 0. The Kier molecular flexibility index (Phi) is 5.88. The van der Waals surface area contributed by atoms with Crippen LogP contribution in [0, 0.1) is 0 Å². The summed E-state index contributed by atoms with van der Waals surface area (Å²) >= 11 is 0. The first-order valence-electron chi connectivity index (χ1n) is 12.5. The van der Waals surface area contributed by atoms with E-state index in [1.54, 1.807) is 0 Å².